The number of carbonyl (C=O) groups is 2. The molecule has 6 nitrogen and oxygen atoms in total. The van der Waals surface area contributed by atoms with Gasteiger partial charge in [0.05, 0.1) is 24.5 Å². The smallest absolute Gasteiger partial charge is 0.334 e. The Morgan fingerprint density at radius 3 is 2.85 bits per heavy atom. The normalized spacial score (nSPS) is 27.8. The standard InChI is InChI=1S/C20H28O6/c1-4-12(2)19(23)25-11-15-7-5-6-14(10-21)8-16(22)18-13(3)20(24)26-17(18)9-15/h6,9,12,16-18,21-22H,3-5,7-8,10-11H2,1-2H3. The topological polar surface area (TPSA) is 93.1 Å². The fourth-order valence-corrected chi connectivity index (χ4v) is 3.17. The molecular formula is C20H28O6. The van der Waals surface area contributed by atoms with Gasteiger partial charge in [-0.1, -0.05) is 26.5 Å². The zero-order chi connectivity index (χ0) is 19.3. The lowest BCUT2D eigenvalue weighted by molar-refractivity contribution is -0.147. The minimum absolute atomic E-state index is 0.120. The summed E-state index contributed by atoms with van der Waals surface area (Å²) in [5.41, 5.74) is 1.76. The molecule has 6 heteroatoms. The molecule has 0 radical (unpaired) electrons. The number of rotatable bonds is 5. The van der Waals surface area contributed by atoms with E-state index in [-0.39, 0.29) is 37.1 Å². The lowest BCUT2D eigenvalue weighted by Gasteiger charge is -2.24. The summed E-state index contributed by atoms with van der Waals surface area (Å²) >= 11 is 0. The number of esters is 2. The maximum absolute atomic E-state index is 11.9. The van der Waals surface area contributed by atoms with Gasteiger partial charge < -0.3 is 19.7 Å². The highest BCUT2D eigenvalue weighted by atomic mass is 16.6. The SMILES string of the molecule is C=C1C(=O)OC2C=C(COC(=O)C(C)CC)CCC=C(CO)CC(O)C12. The Labute approximate surface area is 154 Å². The summed E-state index contributed by atoms with van der Waals surface area (Å²) in [7, 11) is 0. The van der Waals surface area contributed by atoms with E-state index in [0.717, 1.165) is 5.57 Å². The summed E-state index contributed by atoms with van der Waals surface area (Å²) in [6.45, 7) is 7.45. The van der Waals surface area contributed by atoms with Crippen LogP contribution >= 0.6 is 0 Å². The molecule has 1 aliphatic heterocycles. The molecule has 4 atom stereocenters. The zero-order valence-electron chi connectivity index (χ0n) is 15.4. The molecular weight excluding hydrogens is 336 g/mol. The van der Waals surface area contributed by atoms with Crippen molar-refractivity contribution in [1.29, 1.82) is 0 Å². The molecule has 0 bridgehead atoms. The summed E-state index contributed by atoms with van der Waals surface area (Å²) in [5.74, 6) is -1.54. The molecule has 1 heterocycles. The average Bonchev–Trinajstić information content (AvgIpc) is 2.90. The van der Waals surface area contributed by atoms with Gasteiger partial charge >= 0.3 is 11.9 Å². The van der Waals surface area contributed by atoms with Crippen LogP contribution in [-0.4, -0.2) is 47.6 Å². The first-order valence-corrected chi connectivity index (χ1v) is 9.10. The van der Waals surface area contributed by atoms with E-state index < -0.39 is 24.1 Å². The van der Waals surface area contributed by atoms with Gasteiger partial charge in [0.2, 0.25) is 0 Å². The average molecular weight is 364 g/mol. The third-order valence-corrected chi connectivity index (χ3v) is 5.06. The number of carbonyl (C=O) groups excluding carboxylic acids is 2. The molecule has 0 spiro atoms. The van der Waals surface area contributed by atoms with Crippen molar-refractivity contribution in [3.63, 3.8) is 0 Å². The van der Waals surface area contributed by atoms with Gasteiger partial charge in [-0.2, -0.15) is 0 Å². The van der Waals surface area contributed by atoms with Gasteiger partial charge in [0, 0.05) is 5.57 Å². The van der Waals surface area contributed by atoms with Crippen molar-refractivity contribution in [3.8, 4) is 0 Å². The van der Waals surface area contributed by atoms with Crippen LogP contribution in [0.5, 0.6) is 0 Å². The highest BCUT2D eigenvalue weighted by Gasteiger charge is 2.42. The van der Waals surface area contributed by atoms with Gasteiger partial charge in [-0.05, 0) is 42.9 Å². The van der Waals surface area contributed by atoms with Crippen LogP contribution in [0.2, 0.25) is 0 Å². The van der Waals surface area contributed by atoms with Gasteiger partial charge in [0.15, 0.2) is 0 Å². The first-order valence-electron chi connectivity index (χ1n) is 9.10. The summed E-state index contributed by atoms with van der Waals surface area (Å²) < 4.78 is 10.7. The molecule has 1 aliphatic carbocycles. The van der Waals surface area contributed by atoms with Crippen molar-refractivity contribution >= 4 is 11.9 Å². The summed E-state index contributed by atoms with van der Waals surface area (Å²) in [6, 6.07) is 0. The van der Waals surface area contributed by atoms with E-state index in [9.17, 15) is 19.8 Å². The van der Waals surface area contributed by atoms with Crippen LogP contribution in [0.1, 0.15) is 39.5 Å². The van der Waals surface area contributed by atoms with Crippen LogP contribution in [0.3, 0.4) is 0 Å². The third-order valence-electron chi connectivity index (χ3n) is 5.06. The van der Waals surface area contributed by atoms with Crippen molar-refractivity contribution in [3.05, 3.63) is 35.5 Å². The Morgan fingerprint density at radius 2 is 2.19 bits per heavy atom. The Morgan fingerprint density at radius 1 is 1.46 bits per heavy atom. The predicted octanol–water partition coefficient (Wildman–Crippen LogP) is 2.06. The van der Waals surface area contributed by atoms with Gasteiger partial charge in [-0.25, -0.2) is 4.79 Å². The Bertz CT molecular complexity index is 618. The van der Waals surface area contributed by atoms with Gasteiger partial charge in [-0.3, -0.25) is 4.79 Å². The second-order valence-electron chi connectivity index (χ2n) is 6.99. The fraction of sp³-hybridized carbons (Fsp3) is 0.600. The third kappa shape index (κ3) is 4.83. The maximum atomic E-state index is 11.9. The molecule has 4 unspecified atom stereocenters. The van der Waals surface area contributed by atoms with Crippen molar-refractivity contribution < 1.29 is 29.3 Å². The summed E-state index contributed by atoms with van der Waals surface area (Å²) in [4.78, 5) is 23.9. The van der Waals surface area contributed by atoms with E-state index >= 15 is 0 Å². The first kappa shape index (κ1) is 20.4. The summed E-state index contributed by atoms with van der Waals surface area (Å²) in [6.07, 6.45) is 4.35. The van der Waals surface area contributed by atoms with Crippen LogP contribution in [0.4, 0.5) is 0 Å². The molecule has 0 saturated carbocycles. The van der Waals surface area contributed by atoms with Crippen LogP contribution < -0.4 is 0 Å². The zero-order valence-corrected chi connectivity index (χ0v) is 15.4. The van der Waals surface area contributed by atoms with Crippen LogP contribution in [-0.2, 0) is 19.1 Å². The van der Waals surface area contributed by atoms with E-state index in [0.29, 0.717) is 24.8 Å². The largest absolute Gasteiger partial charge is 0.461 e. The quantitative estimate of drug-likeness (QED) is 0.441. The second-order valence-corrected chi connectivity index (χ2v) is 6.99. The maximum Gasteiger partial charge on any atom is 0.334 e. The number of fused-ring (bicyclic) bond motifs is 1. The number of ether oxygens (including phenoxy) is 2. The summed E-state index contributed by atoms with van der Waals surface area (Å²) in [5, 5.41) is 20.0. The number of allylic oxidation sites excluding steroid dienone is 1. The molecule has 1 saturated heterocycles. The van der Waals surface area contributed by atoms with Gasteiger partial charge in [-0.15, -0.1) is 0 Å². The van der Waals surface area contributed by atoms with Crippen molar-refractivity contribution in [1.82, 2.24) is 0 Å². The molecule has 0 aromatic rings. The van der Waals surface area contributed by atoms with E-state index in [1.54, 1.807) is 6.08 Å². The molecule has 1 fully saturated rings. The molecule has 0 aromatic carbocycles. The fourth-order valence-electron chi connectivity index (χ4n) is 3.17. The van der Waals surface area contributed by atoms with Crippen LogP contribution in [0, 0.1) is 11.8 Å². The molecule has 2 rings (SSSR count). The minimum atomic E-state index is -0.879. The Hall–Kier alpha value is -1.92. The van der Waals surface area contributed by atoms with Gasteiger partial charge in [0.1, 0.15) is 12.7 Å². The van der Waals surface area contributed by atoms with E-state index in [4.69, 9.17) is 9.47 Å². The van der Waals surface area contributed by atoms with Gasteiger partial charge in [0.25, 0.3) is 0 Å². The first-order chi connectivity index (χ1) is 12.4. The van der Waals surface area contributed by atoms with Crippen molar-refractivity contribution in [2.24, 2.45) is 11.8 Å². The molecule has 144 valence electrons. The monoisotopic (exact) mass is 364 g/mol. The molecule has 26 heavy (non-hydrogen) atoms. The Balaban J connectivity index is 2.22. The number of aliphatic hydroxyl groups excluding tert-OH is 2. The number of hydrogen-bond donors (Lipinski definition) is 2. The van der Waals surface area contributed by atoms with E-state index in [1.165, 1.54) is 0 Å². The van der Waals surface area contributed by atoms with Crippen LogP contribution in [0.15, 0.2) is 35.5 Å². The highest BCUT2D eigenvalue weighted by molar-refractivity contribution is 5.91. The Kier molecular flexibility index (Phi) is 7.17. The van der Waals surface area contributed by atoms with Crippen molar-refractivity contribution in [2.75, 3.05) is 13.2 Å². The predicted molar refractivity (Wildman–Crippen MR) is 96.0 cm³/mol. The highest BCUT2D eigenvalue weighted by Crippen LogP contribution is 2.34. The van der Waals surface area contributed by atoms with E-state index in [2.05, 4.69) is 6.58 Å². The molecule has 0 amide bonds. The molecule has 0 aromatic heterocycles. The molecule has 2 N–H and O–H groups in total. The number of aliphatic hydroxyl groups is 2. The van der Waals surface area contributed by atoms with Crippen molar-refractivity contribution in [2.45, 2.75) is 51.7 Å². The molecule has 2 aliphatic rings. The lowest BCUT2D eigenvalue weighted by Crippen LogP contribution is -2.29. The minimum Gasteiger partial charge on any atom is -0.461 e. The van der Waals surface area contributed by atoms with Crippen LogP contribution in [0.25, 0.3) is 0 Å². The van der Waals surface area contributed by atoms with E-state index in [1.807, 2.05) is 19.9 Å². The lowest BCUT2D eigenvalue weighted by atomic mass is 9.85. The second kappa shape index (κ2) is 9.14. The number of hydrogen-bond acceptors (Lipinski definition) is 6.